The number of ether oxygens (including phenoxy) is 1. The number of nitrogens with zero attached hydrogens (tertiary/aromatic N) is 1. The van der Waals surface area contributed by atoms with Gasteiger partial charge in [0.2, 0.25) is 0 Å². The van der Waals surface area contributed by atoms with Gasteiger partial charge in [0.25, 0.3) is 0 Å². The summed E-state index contributed by atoms with van der Waals surface area (Å²) < 4.78 is 5.84. The molecule has 3 nitrogen and oxygen atoms in total. The van der Waals surface area contributed by atoms with E-state index in [0.29, 0.717) is 6.61 Å². The van der Waals surface area contributed by atoms with Gasteiger partial charge in [0.15, 0.2) is 0 Å². The third kappa shape index (κ3) is 1.89. The molecule has 1 aromatic carbocycles. The normalized spacial score (nSPS) is 18.2. The van der Waals surface area contributed by atoms with E-state index in [1.807, 2.05) is 24.3 Å². The second-order valence-electron chi connectivity index (χ2n) is 4.49. The summed E-state index contributed by atoms with van der Waals surface area (Å²) in [6.45, 7) is 0.705. The second kappa shape index (κ2) is 4.86. The molecule has 1 aromatic heterocycles. The van der Waals surface area contributed by atoms with Crippen molar-refractivity contribution in [3.05, 3.63) is 35.5 Å². The van der Waals surface area contributed by atoms with Gasteiger partial charge in [0.1, 0.15) is 0 Å². The van der Waals surface area contributed by atoms with Crippen LogP contribution in [0.5, 0.6) is 0 Å². The predicted octanol–water partition coefficient (Wildman–Crippen LogP) is 3.22. The highest BCUT2D eigenvalue weighted by atomic mass is 79.9. The molecular weight excluding hydrogens is 292 g/mol. The Labute approximate surface area is 114 Å². The molecule has 0 radical (unpaired) electrons. The Bertz CT molecular complexity index is 585. The van der Waals surface area contributed by atoms with Crippen molar-refractivity contribution in [1.29, 1.82) is 0 Å². The van der Waals surface area contributed by atoms with E-state index in [2.05, 4.69) is 15.9 Å². The number of nitrogens with two attached hydrogens (primary N) is 1. The third-order valence-corrected chi connectivity index (χ3v) is 3.74. The molecule has 3 rings (SSSR count). The van der Waals surface area contributed by atoms with E-state index in [4.69, 9.17) is 15.5 Å². The Morgan fingerprint density at radius 1 is 1.39 bits per heavy atom. The molecule has 18 heavy (non-hydrogen) atoms. The van der Waals surface area contributed by atoms with Gasteiger partial charge in [-0.3, -0.25) is 4.98 Å². The third-order valence-electron chi connectivity index (χ3n) is 3.41. The highest BCUT2D eigenvalue weighted by Crippen LogP contribution is 2.39. The molecule has 1 unspecified atom stereocenters. The number of benzene rings is 1. The zero-order chi connectivity index (χ0) is 12.5. The first-order valence-corrected chi connectivity index (χ1v) is 7.28. The van der Waals surface area contributed by atoms with Gasteiger partial charge in [-0.15, -0.1) is 0 Å². The first kappa shape index (κ1) is 11.9. The van der Waals surface area contributed by atoms with Crippen LogP contribution in [0.4, 0.5) is 5.69 Å². The summed E-state index contributed by atoms with van der Waals surface area (Å²) in [6, 6.07) is 8.03. The van der Waals surface area contributed by atoms with Gasteiger partial charge in [-0.05, 0) is 18.9 Å². The van der Waals surface area contributed by atoms with Crippen molar-refractivity contribution in [3.63, 3.8) is 0 Å². The highest BCUT2D eigenvalue weighted by Gasteiger charge is 2.27. The van der Waals surface area contributed by atoms with E-state index < -0.39 is 0 Å². The fourth-order valence-electron chi connectivity index (χ4n) is 2.62. The molecule has 0 saturated heterocycles. The van der Waals surface area contributed by atoms with Crippen LogP contribution in [-0.2, 0) is 11.2 Å². The number of pyridine rings is 1. The van der Waals surface area contributed by atoms with Gasteiger partial charge >= 0.3 is 0 Å². The summed E-state index contributed by atoms with van der Waals surface area (Å²) in [5.74, 6) is 0. The van der Waals surface area contributed by atoms with Crippen molar-refractivity contribution >= 4 is 32.5 Å². The minimum Gasteiger partial charge on any atom is -0.398 e. The van der Waals surface area contributed by atoms with Crippen LogP contribution < -0.4 is 5.73 Å². The number of aromatic nitrogens is 1. The molecule has 2 aromatic rings. The molecule has 0 amide bonds. The molecule has 2 N–H and O–H groups in total. The molecule has 1 aliphatic rings. The minimum absolute atomic E-state index is 0.106. The molecular formula is C14H15BrN2O. The smallest absolute Gasteiger partial charge is 0.0867 e. The van der Waals surface area contributed by atoms with Gasteiger partial charge in [-0.25, -0.2) is 0 Å². The summed E-state index contributed by atoms with van der Waals surface area (Å²) in [5, 5.41) is 1.88. The van der Waals surface area contributed by atoms with Crippen LogP contribution in [0.25, 0.3) is 10.9 Å². The van der Waals surface area contributed by atoms with Gasteiger partial charge < -0.3 is 10.5 Å². The molecule has 1 aliphatic carbocycles. The number of para-hydroxylation sites is 1. The van der Waals surface area contributed by atoms with Crippen molar-refractivity contribution in [3.8, 4) is 0 Å². The Hall–Kier alpha value is -1.13. The van der Waals surface area contributed by atoms with Crippen molar-refractivity contribution in [2.45, 2.75) is 18.9 Å². The average molecular weight is 307 g/mol. The van der Waals surface area contributed by atoms with E-state index in [1.165, 1.54) is 0 Å². The van der Waals surface area contributed by atoms with Crippen LogP contribution in [0, 0.1) is 0 Å². The van der Waals surface area contributed by atoms with Crippen molar-refractivity contribution in [2.24, 2.45) is 0 Å². The lowest BCUT2D eigenvalue weighted by Crippen LogP contribution is -2.06. The molecule has 0 aliphatic heterocycles. The fourth-order valence-corrected chi connectivity index (χ4v) is 2.81. The molecule has 1 heterocycles. The van der Waals surface area contributed by atoms with Crippen molar-refractivity contribution < 1.29 is 4.74 Å². The fraction of sp³-hybridized carbons (Fsp3) is 0.357. The molecule has 0 saturated carbocycles. The maximum absolute atomic E-state index is 6.30. The molecule has 94 valence electrons. The quantitative estimate of drug-likeness (QED) is 0.886. The number of halogens is 1. The average Bonchev–Trinajstić information content (AvgIpc) is 2.80. The number of aryl methyl sites for hydroxylation is 1. The topological polar surface area (TPSA) is 48.1 Å². The van der Waals surface area contributed by atoms with E-state index in [9.17, 15) is 0 Å². The first-order valence-electron chi connectivity index (χ1n) is 6.16. The number of nitrogen functional groups attached to an aromatic ring is 1. The summed E-state index contributed by atoms with van der Waals surface area (Å²) >= 11 is 3.38. The lowest BCUT2D eigenvalue weighted by atomic mass is 10.1. The molecule has 0 spiro atoms. The Balaban J connectivity index is 2.09. The minimum atomic E-state index is 0.106. The van der Waals surface area contributed by atoms with Crippen LogP contribution in [0.2, 0.25) is 0 Å². The largest absolute Gasteiger partial charge is 0.398 e. The van der Waals surface area contributed by atoms with E-state index in [-0.39, 0.29) is 6.10 Å². The van der Waals surface area contributed by atoms with Crippen LogP contribution in [0.1, 0.15) is 23.8 Å². The number of anilines is 1. The summed E-state index contributed by atoms with van der Waals surface area (Å²) in [5.41, 5.74) is 10.3. The van der Waals surface area contributed by atoms with Crippen LogP contribution in [0.15, 0.2) is 24.3 Å². The van der Waals surface area contributed by atoms with E-state index >= 15 is 0 Å². The second-order valence-corrected chi connectivity index (χ2v) is 5.28. The van der Waals surface area contributed by atoms with E-state index in [1.54, 1.807) is 0 Å². The monoisotopic (exact) mass is 306 g/mol. The summed E-state index contributed by atoms with van der Waals surface area (Å²) in [4.78, 5) is 4.70. The van der Waals surface area contributed by atoms with Crippen LogP contribution >= 0.6 is 15.9 Å². The molecule has 0 fully saturated rings. The predicted molar refractivity (Wildman–Crippen MR) is 77.0 cm³/mol. The summed E-state index contributed by atoms with van der Waals surface area (Å²) in [6.07, 6.45) is 2.04. The van der Waals surface area contributed by atoms with Gasteiger partial charge in [-0.1, -0.05) is 34.1 Å². The first-order chi connectivity index (χ1) is 8.81. The number of alkyl halides is 1. The number of fused-ring (bicyclic) bond motifs is 2. The molecule has 0 bridgehead atoms. The molecule has 1 atom stereocenters. The Morgan fingerprint density at radius 2 is 2.22 bits per heavy atom. The molecule has 4 heteroatoms. The van der Waals surface area contributed by atoms with Crippen molar-refractivity contribution in [1.82, 2.24) is 4.98 Å². The van der Waals surface area contributed by atoms with Gasteiger partial charge in [0, 0.05) is 27.7 Å². The Kier molecular flexibility index (Phi) is 3.22. The van der Waals surface area contributed by atoms with E-state index in [0.717, 1.165) is 46.0 Å². The number of hydrogen-bond acceptors (Lipinski definition) is 3. The SMILES string of the molecule is Nc1c2c(nc3ccccc13)CCC2OCCBr. The zero-order valence-corrected chi connectivity index (χ0v) is 11.6. The standard InChI is InChI=1S/C14H15BrN2O/c15-7-8-18-12-6-5-11-13(12)14(16)9-3-1-2-4-10(9)17-11/h1-4,12H,5-8H2,(H2,16,17). The van der Waals surface area contributed by atoms with Gasteiger partial charge in [-0.2, -0.15) is 0 Å². The zero-order valence-electron chi connectivity index (χ0n) is 10.0. The number of rotatable bonds is 3. The maximum atomic E-state index is 6.30. The number of hydrogen-bond donors (Lipinski definition) is 1. The van der Waals surface area contributed by atoms with Crippen LogP contribution in [0.3, 0.4) is 0 Å². The van der Waals surface area contributed by atoms with Crippen molar-refractivity contribution in [2.75, 3.05) is 17.7 Å². The van der Waals surface area contributed by atoms with Gasteiger partial charge in [0.05, 0.1) is 18.2 Å². The highest BCUT2D eigenvalue weighted by molar-refractivity contribution is 9.09. The lowest BCUT2D eigenvalue weighted by molar-refractivity contribution is 0.0670. The Morgan fingerprint density at radius 3 is 3.06 bits per heavy atom. The van der Waals surface area contributed by atoms with Crippen LogP contribution in [-0.4, -0.2) is 16.9 Å². The lowest BCUT2D eigenvalue weighted by Gasteiger charge is -2.15. The summed E-state index contributed by atoms with van der Waals surface area (Å²) in [7, 11) is 0. The maximum Gasteiger partial charge on any atom is 0.0867 e.